The van der Waals surface area contributed by atoms with Crippen molar-refractivity contribution in [2.75, 3.05) is 40.9 Å². The number of hydrogen-bond donors (Lipinski definition) is 4. The number of amides is 2. The minimum absolute atomic E-state index is 0.133. The summed E-state index contributed by atoms with van der Waals surface area (Å²) < 4.78 is 11.9. The molecule has 254 valence electrons. The Bertz CT molecular complexity index is 1340. The molecule has 46 heavy (non-hydrogen) atoms. The first-order chi connectivity index (χ1) is 21.7. The number of aryl methyl sites for hydroxylation is 1. The first kappa shape index (κ1) is 37.2. The molecule has 0 aliphatic carbocycles. The van der Waals surface area contributed by atoms with E-state index in [0.29, 0.717) is 25.8 Å². The van der Waals surface area contributed by atoms with E-state index in [4.69, 9.17) is 9.47 Å². The minimum atomic E-state index is -1.04. The second-order valence-corrected chi connectivity index (χ2v) is 13.8. The van der Waals surface area contributed by atoms with E-state index in [1.807, 2.05) is 57.1 Å². The van der Waals surface area contributed by atoms with Gasteiger partial charge in [-0.25, -0.2) is 0 Å². The van der Waals surface area contributed by atoms with E-state index in [-0.39, 0.29) is 24.5 Å². The van der Waals surface area contributed by atoms with Crippen LogP contribution in [0.15, 0.2) is 42.5 Å². The standard InChI is InChI=1S/C37H55N3O6/c1-9-10-27-21-32(45-8)31(33-23-29(42)22-30(24-41)46-33)20-28(27)19-26-13-11-25(12-14-26)15-16-36(2,3)34(43)39-37(4,5)35(44)38-17-18-40(6)7/h11-16,20-21,29-30,33,41-42H,9-10,17-19,22-24H2,1-8H3,(H,38,44)(H,39,43). The number of carbonyl (C=O) groups excluding carboxylic acids is 2. The molecule has 3 atom stereocenters. The van der Waals surface area contributed by atoms with Crippen molar-refractivity contribution in [3.63, 3.8) is 0 Å². The van der Waals surface area contributed by atoms with E-state index in [2.05, 4.69) is 41.8 Å². The molecule has 3 rings (SSSR count). The molecular weight excluding hydrogens is 582 g/mol. The highest BCUT2D eigenvalue weighted by molar-refractivity contribution is 5.93. The molecule has 9 heteroatoms. The molecule has 2 aromatic carbocycles. The summed E-state index contributed by atoms with van der Waals surface area (Å²) in [6.07, 6.45) is 5.99. The molecule has 1 aliphatic heterocycles. The zero-order chi connectivity index (χ0) is 34.1. The summed E-state index contributed by atoms with van der Waals surface area (Å²) in [5, 5.41) is 25.9. The summed E-state index contributed by atoms with van der Waals surface area (Å²) >= 11 is 0. The van der Waals surface area contributed by atoms with Crippen LogP contribution in [0.2, 0.25) is 0 Å². The molecule has 0 saturated carbocycles. The van der Waals surface area contributed by atoms with Crippen molar-refractivity contribution >= 4 is 17.9 Å². The lowest BCUT2D eigenvalue weighted by atomic mass is 9.88. The van der Waals surface area contributed by atoms with Crippen LogP contribution < -0.4 is 15.4 Å². The van der Waals surface area contributed by atoms with E-state index in [9.17, 15) is 19.8 Å². The first-order valence-electron chi connectivity index (χ1n) is 16.4. The van der Waals surface area contributed by atoms with Crippen LogP contribution in [0.3, 0.4) is 0 Å². The largest absolute Gasteiger partial charge is 0.496 e. The first-order valence-corrected chi connectivity index (χ1v) is 16.4. The topological polar surface area (TPSA) is 120 Å². The van der Waals surface area contributed by atoms with Gasteiger partial charge in [-0.3, -0.25) is 9.59 Å². The molecule has 9 nitrogen and oxygen atoms in total. The molecule has 1 aliphatic rings. The Labute approximate surface area is 275 Å². The van der Waals surface area contributed by atoms with Gasteiger partial charge in [0.25, 0.3) is 0 Å². The number of carbonyl (C=O) groups is 2. The molecule has 3 unspecified atom stereocenters. The number of ether oxygens (including phenoxy) is 2. The number of rotatable bonds is 15. The highest BCUT2D eigenvalue weighted by Gasteiger charge is 2.35. The molecule has 0 spiro atoms. The summed E-state index contributed by atoms with van der Waals surface area (Å²) in [6.45, 7) is 10.3. The predicted octanol–water partition coefficient (Wildman–Crippen LogP) is 4.42. The molecule has 1 fully saturated rings. The van der Waals surface area contributed by atoms with Crippen molar-refractivity contribution in [1.29, 1.82) is 0 Å². The number of benzene rings is 2. The van der Waals surface area contributed by atoms with Gasteiger partial charge in [0.15, 0.2) is 0 Å². The number of methoxy groups -OCH3 is 1. The predicted molar refractivity (Wildman–Crippen MR) is 183 cm³/mol. The number of nitrogens with zero attached hydrogens (tertiary/aromatic N) is 1. The molecular formula is C37H55N3O6. The smallest absolute Gasteiger partial charge is 0.245 e. The van der Waals surface area contributed by atoms with Gasteiger partial charge >= 0.3 is 0 Å². The van der Waals surface area contributed by atoms with Crippen LogP contribution in [0.1, 0.15) is 87.8 Å². The van der Waals surface area contributed by atoms with E-state index in [1.54, 1.807) is 21.0 Å². The summed E-state index contributed by atoms with van der Waals surface area (Å²) in [4.78, 5) is 27.8. The maximum Gasteiger partial charge on any atom is 0.245 e. The van der Waals surface area contributed by atoms with Crippen LogP contribution in [0.4, 0.5) is 0 Å². The fourth-order valence-electron chi connectivity index (χ4n) is 5.55. The van der Waals surface area contributed by atoms with Gasteiger partial charge in [-0.15, -0.1) is 0 Å². The monoisotopic (exact) mass is 637 g/mol. The number of nitrogens with one attached hydrogen (secondary N) is 2. The van der Waals surface area contributed by atoms with Gasteiger partial charge in [0.1, 0.15) is 11.3 Å². The number of aliphatic hydroxyl groups is 2. The Morgan fingerprint density at radius 3 is 2.37 bits per heavy atom. The maximum absolute atomic E-state index is 13.2. The van der Waals surface area contributed by atoms with Crippen LogP contribution in [0, 0.1) is 5.41 Å². The summed E-state index contributed by atoms with van der Waals surface area (Å²) in [5.41, 5.74) is 3.51. The quantitative estimate of drug-likeness (QED) is 0.228. The Morgan fingerprint density at radius 2 is 1.76 bits per heavy atom. The lowest BCUT2D eigenvalue weighted by Gasteiger charge is -2.33. The molecule has 2 amide bonds. The third-order valence-corrected chi connectivity index (χ3v) is 8.49. The van der Waals surface area contributed by atoms with Gasteiger partial charge < -0.3 is 35.2 Å². The maximum atomic E-state index is 13.2. The Morgan fingerprint density at radius 1 is 1.07 bits per heavy atom. The normalized spacial score (nSPS) is 19.0. The van der Waals surface area contributed by atoms with Crippen molar-refractivity contribution in [3.8, 4) is 5.75 Å². The van der Waals surface area contributed by atoms with Crippen LogP contribution in [0.25, 0.3) is 6.08 Å². The van der Waals surface area contributed by atoms with Gasteiger partial charge in [-0.1, -0.05) is 49.8 Å². The van der Waals surface area contributed by atoms with Crippen molar-refractivity contribution in [3.05, 3.63) is 70.3 Å². The van der Waals surface area contributed by atoms with Crippen LogP contribution in [-0.4, -0.2) is 85.6 Å². The third kappa shape index (κ3) is 10.4. The van der Waals surface area contributed by atoms with Gasteiger partial charge in [0.05, 0.1) is 37.4 Å². The number of likely N-dealkylation sites (N-methyl/N-ethyl adjacent to an activating group) is 1. The summed E-state index contributed by atoms with van der Waals surface area (Å²) in [6, 6.07) is 12.5. The fourth-order valence-corrected chi connectivity index (χ4v) is 5.55. The van der Waals surface area contributed by atoms with Gasteiger partial charge in [-0.05, 0) is 89.0 Å². The lowest BCUT2D eigenvalue weighted by Crippen LogP contribution is -2.57. The number of hydrogen-bond acceptors (Lipinski definition) is 7. The highest BCUT2D eigenvalue weighted by Crippen LogP contribution is 2.38. The van der Waals surface area contributed by atoms with E-state index in [0.717, 1.165) is 41.8 Å². The average Bonchev–Trinajstić information content (AvgIpc) is 3.00. The molecule has 0 radical (unpaired) electrons. The van der Waals surface area contributed by atoms with Crippen molar-refractivity contribution in [2.24, 2.45) is 5.41 Å². The second kappa shape index (κ2) is 16.5. The Hall–Kier alpha value is -3.24. The molecule has 4 N–H and O–H groups in total. The Kier molecular flexibility index (Phi) is 13.4. The van der Waals surface area contributed by atoms with Crippen LogP contribution >= 0.6 is 0 Å². The molecule has 0 bridgehead atoms. The van der Waals surface area contributed by atoms with Crippen LogP contribution in [-0.2, 0) is 27.2 Å². The minimum Gasteiger partial charge on any atom is -0.496 e. The molecule has 0 aromatic heterocycles. The zero-order valence-corrected chi connectivity index (χ0v) is 29.0. The highest BCUT2D eigenvalue weighted by atomic mass is 16.5. The van der Waals surface area contributed by atoms with Crippen LogP contribution in [0.5, 0.6) is 5.75 Å². The van der Waals surface area contributed by atoms with Crippen molar-refractivity contribution in [1.82, 2.24) is 15.5 Å². The van der Waals surface area contributed by atoms with E-state index < -0.39 is 23.2 Å². The average molecular weight is 638 g/mol. The number of aliphatic hydroxyl groups excluding tert-OH is 2. The zero-order valence-electron chi connectivity index (χ0n) is 29.0. The van der Waals surface area contributed by atoms with Gasteiger partial charge in [0.2, 0.25) is 11.8 Å². The molecule has 1 heterocycles. The van der Waals surface area contributed by atoms with Crippen molar-refractivity contribution in [2.45, 2.75) is 90.6 Å². The second-order valence-electron chi connectivity index (χ2n) is 13.8. The van der Waals surface area contributed by atoms with E-state index >= 15 is 0 Å². The lowest BCUT2D eigenvalue weighted by molar-refractivity contribution is -0.135. The van der Waals surface area contributed by atoms with Gasteiger partial charge in [-0.2, -0.15) is 0 Å². The summed E-state index contributed by atoms with van der Waals surface area (Å²) in [7, 11) is 5.53. The third-order valence-electron chi connectivity index (χ3n) is 8.49. The molecule has 1 saturated heterocycles. The van der Waals surface area contributed by atoms with E-state index in [1.165, 1.54) is 11.1 Å². The Balaban J connectivity index is 1.73. The fraction of sp³-hybridized carbons (Fsp3) is 0.568. The summed E-state index contributed by atoms with van der Waals surface area (Å²) in [5.74, 6) is 0.289. The van der Waals surface area contributed by atoms with Gasteiger partial charge in [0, 0.05) is 31.5 Å². The SMILES string of the molecule is CCCc1cc(OC)c(C2CC(O)CC(CO)O2)cc1Cc1ccc(C=CC(C)(C)C(=O)NC(C)(C)C(=O)NCCN(C)C)cc1. The molecule has 2 aromatic rings. The van der Waals surface area contributed by atoms with Crippen molar-refractivity contribution < 1.29 is 29.3 Å².